The van der Waals surface area contributed by atoms with Crippen LogP contribution in [0.5, 0.6) is 0 Å². The van der Waals surface area contributed by atoms with E-state index in [0.717, 1.165) is 12.1 Å². The van der Waals surface area contributed by atoms with Gasteiger partial charge in [0.15, 0.2) is 0 Å². The van der Waals surface area contributed by atoms with Crippen molar-refractivity contribution in [2.75, 3.05) is 26.2 Å². The molecule has 1 N–H and O–H groups in total. The molecule has 0 bridgehead atoms. The molecule has 7 heteroatoms. The van der Waals surface area contributed by atoms with Gasteiger partial charge in [0.1, 0.15) is 6.42 Å². The third kappa shape index (κ3) is 4.55. The fourth-order valence-corrected chi connectivity index (χ4v) is 2.08. The maximum absolute atomic E-state index is 12.0. The predicted octanol–water partition coefficient (Wildman–Crippen LogP) is -0.611. The second-order valence-electron chi connectivity index (χ2n) is 4.80. The molecule has 1 aromatic heterocycles. The van der Waals surface area contributed by atoms with Crippen LogP contribution in [0, 0.1) is 0 Å². The summed E-state index contributed by atoms with van der Waals surface area (Å²) in [6, 6.07) is 5.45. The molecule has 0 aromatic carbocycles. The van der Waals surface area contributed by atoms with E-state index in [1.54, 1.807) is 28.1 Å². The molecule has 1 aromatic rings. The number of pyridine rings is 1. The van der Waals surface area contributed by atoms with Crippen LogP contribution in [-0.4, -0.2) is 59.2 Å². The van der Waals surface area contributed by atoms with Gasteiger partial charge in [-0.1, -0.05) is 6.07 Å². The molecule has 112 valence electrons. The monoisotopic (exact) mass is 290 g/mol. The van der Waals surface area contributed by atoms with E-state index in [4.69, 9.17) is 0 Å². The number of carbonyl (C=O) groups excluding carboxylic acids is 3. The van der Waals surface area contributed by atoms with Gasteiger partial charge in [0, 0.05) is 32.4 Å². The summed E-state index contributed by atoms with van der Waals surface area (Å²) in [6.07, 6.45) is 2.26. The first-order valence-corrected chi connectivity index (χ1v) is 6.83. The standard InChI is InChI=1S/C14H18N4O3/c19-11-17-5-7-18(8-6-17)14(21)9-13(20)16-10-12-3-1-2-4-15-12/h1-4,11H,5-10H2,(H,16,20). The first kappa shape index (κ1) is 15.0. The highest BCUT2D eigenvalue weighted by atomic mass is 16.2. The summed E-state index contributed by atoms with van der Waals surface area (Å²) in [5.41, 5.74) is 0.748. The van der Waals surface area contributed by atoms with Crippen LogP contribution in [0.1, 0.15) is 12.1 Å². The lowest BCUT2D eigenvalue weighted by atomic mass is 10.2. The third-order valence-electron chi connectivity index (χ3n) is 3.32. The Kier molecular flexibility index (Phi) is 5.25. The van der Waals surface area contributed by atoms with Gasteiger partial charge in [-0.05, 0) is 12.1 Å². The minimum atomic E-state index is -0.316. The molecule has 1 aliphatic rings. The Morgan fingerprint density at radius 3 is 2.62 bits per heavy atom. The average molecular weight is 290 g/mol. The van der Waals surface area contributed by atoms with Gasteiger partial charge in [0.2, 0.25) is 18.2 Å². The van der Waals surface area contributed by atoms with Gasteiger partial charge < -0.3 is 15.1 Å². The lowest BCUT2D eigenvalue weighted by Crippen LogP contribution is -2.49. The van der Waals surface area contributed by atoms with E-state index in [-0.39, 0.29) is 18.2 Å². The number of carbonyl (C=O) groups is 3. The maximum atomic E-state index is 12.0. The molecule has 0 aliphatic carbocycles. The summed E-state index contributed by atoms with van der Waals surface area (Å²) < 4.78 is 0. The van der Waals surface area contributed by atoms with Crippen LogP contribution in [0.2, 0.25) is 0 Å². The lowest BCUT2D eigenvalue weighted by molar-refractivity contribution is -0.139. The molecule has 1 fully saturated rings. The molecular weight excluding hydrogens is 272 g/mol. The molecule has 21 heavy (non-hydrogen) atoms. The SMILES string of the molecule is O=CN1CCN(C(=O)CC(=O)NCc2ccccn2)CC1. The first-order chi connectivity index (χ1) is 10.2. The van der Waals surface area contributed by atoms with Crippen molar-refractivity contribution < 1.29 is 14.4 Å². The molecule has 0 unspecified atom stereocenters. The number of amides is 3. The van der Waals surface area contributed by atoms with Crippen LogP contribution >= 0.6 is 0 Å². The van der Waals surface area contributed by atoms with Gasteiger partial charge in [0.05, 0.1) is 12.2 Å². The Morgan fingerprint density at radius 1 is 1.24 bits per heavy atom. The summed E-state index contributed by atoms with van der Waals surface area (Å²) >= 11 is 0. The second kappa shape index (κ2) is 7.37. The summed E-state index contributed by atoms with van der Waals surface area (Å²) in [6.45, 7) is 2.30. The average Bonchev–Trinajstić information content (AvgIpc) is 2.54. The molecule has 0 atom stereocenters. The predicted molar refractivity (Wildman–Crippen MR) is 74.9 cm³/mol. The van der Waals surface area contributed by atoms with E-state index in [1.165, 1.54) is 0 Å². The van der Waals surface area contributed by atoms with Crippen molar-refractivity contribution >= 4 is 18.2 Å². The fraction of sp³-hybridized carbons (Fsp3) is 0.429. The summed E-state index contributed by atoms with van der Waals surface area (Å²) in [5.74, 6) is -0.525. The molecule has 1 saturated heterocycles. The second-order valence-corrected chi connectivity index (χ2v) is 4.80. The van der Waals surface area contributed by atoms with E-state index < -0.39 is 0 Å². The van der Waals surface area contributed by atoms with Crippen LogP contribution < -0.4 is 5.32 Å². The Balaban J connectivity index is 1.72. The number of aromatic nitrogens is 1. The van der Waals surface area contributed by atoms with Crippen LogP contribution in [0.3, 0.4) is 0 Å². The number of nitrogens with one attached hydrogen (secondary N) is 1. The first-order valence-electron chi connectivity index (χ1n) is 6.83. The number of rotatable bonds is 5. The summed E-state index contributed by atoms with van der Waals surface area (Å²) in [7, 11) is 0. The van der Waals surface area contributed by atoms with Crippen LogP contribution in [0.25, 0.3) is 0 Å². The molecule has 0 saturated carbocycles. The largest absolute Gasteiger partial charge is 0.350 e. The Morgan fingerprint density at radius 2 is 2.00 bits per heavy atom. The fourth-order valence-electron chi connectivity index (χ4n) is 2.08. The Hall–Kier alpha value is -2.44. The van der Waals surface area contributed by atoms with Gasteiger partial charge in [-0.2, -0.15) is 0 Å². The quantitative estimate of drug-likeness (QED) is 0.579. The van der Waals surface area contributed by atoms with Crippen molar-refractivity contribution in [1.29, 1.82) is 0 Å². The van der Waals surface area contributed by atoms with Crippen molar-refractivity contribution in [3.63, 3.8) is 0 Å². The molecule has 3 amide bonds. The van der Waals surface area contributed by atoms with E-state index in [0.29, 0.717) is 32.7 Å². The minimum Gasteiger partial charge on any atom is -0.350 e. The van der Waals surface area contributed by atoms with E-state index in [1.807, 2.05) is 6.07 Å². The lowest BCUT2D eigenvalue weighted by Gasteiger charge is -2.32. The highest BCUT2D eigenvalue weighted by Gasteiger charge is 2.21. The Bertz CT molecular complexity index is 498. The summed E-state index contributed by atoms with van der Waals surface area (Å²) in [4.78, 5) is 41.6. The van der Waals surface area contributed by atoms with E-state index >= 15 is 0 Å². The van der Waals surface area contributed by atoms with Crippen molar-refractivity contribution in [2.45, 2.75) is 13.0 Å². The van der Waals surface area contributed by atoms with Crippen LogP contribution in [0.4, 0.5) is 0 Å². The highest BCUT2D eigenvalue weighted by Crippen LogP contribution is 2.02. The minimum absolute atomic E-state index is 0.173. The smallest absolute Gasteiger partial charge is 0.232 e. The third-order valence-corrected chi connectivity index (χ3v) is 3.32. The molecule has 2 rings (SSSR count). The van der Waals surface area contributed by atoms with E-state index in [2.05, 4.69) is 10.3 Å². The van der Waals surface area contributed by atoms with Crippen molar-refractivity contribution in [3.8, 4) is 0 Å². The topological polar surface area (TPSA) is 82.6 Å². The maximum Gasteiger partial charge on any atom is 0.232 e. The van der Waals surface area contributed by atoms with Crippen molar-refractivity contribution in [3.05, 3.63) is 30.1 Å². The molecular formula is C14H18N4O3. The van der Waals surface area contributed by atoms with Gasteiger partial charge in [-0.25, -0.2) is 0 Å². The van der Waals surface area contributed by atoms with Gasteiger partial charge >= 0.3 is 0 Å². The highest BCUT2D eigenvalue weighted by molar-refractivity contribution is 5.96. The van der Waals surface area contributed by atoms with Crippen LogP contribution in [0.15, 0.2) is 24.4 Å². The number of hydrogen-bond acceptors (Lipinski definition) is 4. The van der Waals surface area contributed by atoms with Crippen molar-refractivity contribution in [1.82, 2.24) is 20.1 Å². The molecule has 2 heterocycles. The van der Waals surface area contributed by atoms with Crippen LogP contribution in [-0.2, 0) is 20.9 Å². The van der Waals surface area contributed by atoms with E-state index in [9.17, 15) is 14.4 Å². The number of hydrogen-bond donors (Lipinski definition) is 1. The van der Waals surface area contributed by atoms with Gasteiger partial charge in [-0.15, -0.1) is 0 Å². The molecule has 1 aliphatic heterocycles. The molecule has 0 spiro atoms. The zero-order valence-electron chi connectivity index (χ0n) is 11.7. The molecule has 0 radical (unpaired) electrons. The normalized spacial score (nSPS) is 14.7. The molecule has 7 nitrogen and oxygen atoms in total. The number of piperazine rings is 1. The van der Waals surface area contributed by atoms with Gasteiger partial charge in [0.25, 0.3) is 0 Å². The summed E-state index contributed by atoms with van der Waals surface area (Å²) in [5, 5.41) is 2.67. The zero-order chi connectivity index (χ0) is 15.1. The van der Waals surface area contributed by atoms with Crippen molar-refractivity contribution in [2.24, 2.45) is 0 Å². The Labute approximate surface area is 122 Å². The van der Waals surface area contributed by atoms with Gasteiger partial charge in [-0.3, -0.25) is 19.4 Å². The zero-order valence-corrected chi connectivity index (χ0v) is 11.7. The number of nitrogens with zero attached hydrogens (tertiary/aromatic N) is 3.